The summed E-state index contributed by atoms with van der Waals surface area (Å²) < 4.78 is 19.3. The summed E-state index contributed by atoms with van der Waals surface area (Å²) in [7, 11) is 0. The average molecular weight is 394 g/mol. The van der Waals surface area contributed by atoms with Crippen LogP contribution in [-0.4, -0.2) is 49.8 Å². The maximum atomic E-state index is 13.1. The van der Waals surface area contributed by atoms with Crippen molar-refractivity contribution in [3.05, 3.63) is 56.3 Å². The van der Waals surface area contributed by atoms with Gasteiger partial charge in [-0.2, -0.15) is 0 Å². The topological polar surface area (TPSA) is 125 Å². The Morgan fingerprint density at radius 1 is 1.19 bits per heavy atom. The first-order chi connectivity index (χ1) is 12.9. The van der Waals surface area contributed by atoms with Gasteiger partial charge in [-0.15, -0.1) is 11.3 Å². The third-order valence-electron chi connectivity index (χ3n) is 4.58. The first-order valence-corrected chi connectivity index (χ1v) is 8.94. The number of aliphatic hydroxyl groups excluding tert-OH is 3. The van der Waals surface area contributed by atoms with Crippen LogP contribution >= 0.6 is 11.3 Å². The van der Waals surface area contributed by atoms with Crippen LogP contribution in [0.15, 0.2) is 39.2 Å². The molecule has 27 heavy (non-hydrogen) atoms. The smallest absolute Gasteiger partial charge is 0.331 e. The van der Waals surface area contributed by atoms with Crippen molar-refractivity contribution in [1.29, 1.82) is 0 Å². The van der Waals surface area contributed by atoms with E-state index in [0.29, 0.717) is 21.2 Å². The maximum absolute atomic E-state index is 13.1. The first-order valence-electron chi connectivity index (χ1n) is 8.06. The summed E-state index contributed by atoms with van der Waals surface area (Å²) in [5.74, 6) is -0.404. The Kier molecular flexibility index (Phi) is 4.44. The number of aromatic amines is 1. The van der Waals surface area contributed by atoms with Gasteiger partial charge >= 0.3 is 5.69 Å². The van der Waals surface area contributed by atoms with Crippen LogP contribution in [0.5, 0.6) is 0 Å². The molecule has 1 aromatic carbocycles. The molecule has 4 atom stereocenters. The largest absolute Gasteiger partial charge is 0.394 e. The van der Waals surface area contributed by atoms with Gasteiger partial charge in [-0.25, -0.2) is 13.8 Å². The van der Waals surface area contributed by atoms with Gasteiger partial charge in [0.15, 0.2) is 6.23 Å². The van der Waals surface area contributed by atoms with Gasteiger partial charge in [-0.1, -0.05) is 12.1 Å². The summed E-state index contributed by atoms with van der Waals surface area (Å²) in [6, 6.07) is 5.62. The van der Waals surface area contributed by atoms with Crippen LogP contribution in [0.4, 0.5) is 4.39 Å². The number of thiophene rings is 1. The highest BCUT2D eigenvalue weighted by Crippen LogP contribution is 2.32. The van der Waals surface area contributed by atoms with E-state index in [1.54, 1.807) is 5.38 Å². The molecule has 1 fully saturated rings. The highest BCUT2D eigenvalue weighted by Gasteiger charge is 2.44. The SMILES string of the molecule is O=c1[nH]c2c(-c3ccc(F)cc3)csc2c(=O)n1[C@@H]1O[C@H](CO)[C@@H](O)[C@H]1O. The van der Waals surface area contributed by atoms with Crippen LogP contribution in [-0.2, 0) is 4.74 Å². The number of rotatable bonds is 3. The van der Waals surface area contributed by atoms with E-state index >= 15 is 0 Å². The fourth-order valence-electron chi connectivity index (χ4n) is 3.17. The van der Waals surface area contributed by atoms with E-state index in [0.717, 1.165) is 11.3 Å². The minimum Gasteiger partial charge on any atom is -0.394 e. The molecule has 0 radical (unpaired) electrons. The van der Waals surface area contributed by atoms with Gasteiger partial charge < -0.3 is 25.0 Å². The Hall–Kier alpha value is -2.37. The van der Waals surface area contributed by atoms with Crippen LogP contribution in [0, 0.1) is 5.82 Å². The molecule has 1 aliphatic heterocycles. The van der Waals surface area contributed by atoms with Crippen molar-refractivity contribution in [3.63, 3.8) is 0 Å². The van der Waals surface area contributed by atoms with E-state index in [9.17, 15) is 29.3 Å². The van der Waals surface area contributed by atoms with Gasteiger partial charge in [0, 0.05) is 10.9 Å². The Labute approximate surface area is 154 Å². The fourth-order valence-corrected chi connectivity index (χ4v) is 4.14. The molecule has 0 amide bonds. The van der Waals surface area contributed by atoms with E-state index in [2.05, 4.69) is 4.98 Å². The zero-order valence-electron chi connectivity index (χ0n) is 13.7. The van der Waals surface area contributed by atoms with Gasteiger partial charge in [0.1, 0.15) is 28.8 Å². The Bertz CT molecular complexity index is 1110. The van der Waals surface area contributed by atoms with Crippen molar-refractivity contribution in [2.24, 2.45) is 0 Å². The molecule has 142 valence electrons. The maximum Gasteiger partial charge on any atom is 0.331 e. The summed E-state index contributed by atoms with van der Waals surface area (Å²) in [6.45, 7) is -0.572. The second-order valence-corrected chi connectivity index (χ2v) is 7.07. The lowest BCUT2D eigenvalue weighted by Crippen LogP contribution is -2.42. The summed E-state index contributed by atoms with van der Waals surface area (Å²) in [5.41, 5.74) is -0.0310. The second-order valence-electron chi connectivity index (χ2n) is 6.19. The summed E-state index contributed by atoms with van der Waals surface area (Å²) in [5, 5.41) is 30.8. The number of benzene rings is 1. The van der Waals surface area contributed by atoms with Crippen molar-refractivity contribution >= 4 is 21.6 Å². The van der Waals surface area contributed by atoms with Crippen molar-refractivity contribution in [2.45, 2.75) is 24.5 Å². The third kappa shape index (κ3) is 2.82. The van der Waals surface area contributed by atoms with Gasteiger partial charge in [0.2, 0.25) is 0 Å². The van der Waals surface area contributed by atoms with Crippen molar-refractivity contribution in [1.82, 2.24) is 9.55 Å². The number of hydrogen-bond donors (Lipinski definition) is 4. The molecule has 0 unspecified atom stereocenters. The molecule has 0 saturated carbocycles. The molecule has 2 aromatic heterocycles. The molecule has 3 aromatic rings. The molecule has 8 nitrogen and oxygen atoms in total. The van der Waals surface area contributed by atoms with Crippen LogP contribution < -0.4 is 11.2 Å². The van der Waals surface area contributed by atoms with E-state index in [1.807, 2.05) is 0 Å². The first kappa shape index (κ1) is 18.0. The van der Waals surface area contributed by atoms with Crippen LogP contribution in [0.3, 0.4) is 0 Å². The summed E-state index contributed by atoms with van der Waals surface area (Å²) >= 11 is 1.08. The molecule has 0 bridgehead atoms. The predicted molar refractivity (Wildman–Crippen MR) is 95.1 cm³/mol. The van der Waals surface area contributed by atoms with Gasteiger partial charge in [0.25, 0.3) is 5.56 Å². The number of fused-ring (bicyclic) bond motifs is 1. The zero-order chi connectivity index (χ0) is 19.3. The molecular formula is C17H15FN2O6S. The zero-order valence-corrected chi connectivity index (χ0v) is 14.5. The normalized spacial score (nSPS) is 25.3. The molecule has 1 saturated heterocycles. The molecule has 3 heterocycles. The van der Waals surface area contributed by atoms with Crippen molar-refractivity contribution < 1.29 is 24.4 Å². The highest BCUT2D eigenvalue weighted by atomic mass is 32.1. The van der Waals surface area contributed by atoms with Gasteiger partial charge in [-0.3, -0.25) is 4.79 Å². The monoisotopic (exact) mass is 394 g/mol. The quantitative estimate of drug-likeness (QED) is 0.502. The number of halogens is 1. The molecular weight excluding hydrogens is 379 g/mol. The second kappa shape index (κ2) is 6.66. The fraction of sp³-hybridized carbons (Fsp3) is 0.294. The minimum atomic E-state index is -1.55. The third-order valence-corrected chi connectivity index (χ3v) is 5.55. The van der Waals surface area contributed by atoms with Crippen LogP contribution in [0.25, 0.3) is 21.3 Å². The highest BCUT2D eigenvalue weighted by molar-refractivity contribution is 7.17. The number of ether oxygens (including phenoxy) is 1. The standard InChI is InChI=1S/C17H15FN2O6S/c18-8-3-1-7(2-4-8)9-6-27-14-11(9)19-17(25)20(15(14)24)16-13(23)12(22)10(5-21)26-16/h1-4,6,10,12-13,16,21-23H,5H2,(H,19,25)/t10-,12-,13-,16-/m1/s1. The summed E-state index contributed by atoms with van der Waals surface area (Å²) in [4.78, 5) is 28.0. The molecule has 0 spiro atoms. The van der Waals surface area contributed by atoms with E-state index in [4.69, 9.17) is 4.74 Å². The number of hydrogen-bond acceptors (Lipinski definition) is 7. The Balaban J connectivity index is 1.85. The Morgan fingerprint density at radius 3 is 2.52 bits per heavy atom. The number of aromatic nitrogens is 2. The van der Waals surface area contributed by atoms with Gasteiger partial charge in [-0.05, 0) is 17.7 Å². The molecule has 1 aliphatic rings. The van der Waals surface area contributed by atoms with Crippen LogP contribution in [0.2, 0.25) is 0 Å². The average Bonchev–Trinajstić information content (AvgIpc) is 3.19. The predicted octanol–water partition coefficient (Wildman–Crippen LogP) is 0.169. The number of H-pyrrole nitrogens is 1. The van der Waals surface area contributed by atoms with Gasteiger partial charge in [0.05, 0.1) is 12.1 Å². The molecule has 10 heteroatoms. The Morgan fingerprint density at radius 2 is 1.89 bits per heavy atom. The number of aliphatic hydroxyl groups is 3. The lowest BCUT2D eigenvalue weighted by molar-refractivity contribution is -0.0561. The lowest BCUT2D eigenvalue weighted by Gasteiger charge is -2.16. The van der Waals surface area contributed by atoms with E-state index in [-0.39, 0.29) is 4.70 Å². The van der Waals surface area contributed by atoms with Crippen molar-refractivity contribution in [3.8, 4) is 11.1 Å². The van der Waals surface area contributed by atoms with E-state index in [1.165, 1.54) is 24.3 Å². The number of nitrogens with one attached hydrogen (secondary N) is 1. The molecule has 0 aliphatic carbocycles. The molecule has 4 N–H and O–H groups in total. The lowest BCUT2D eigenvalue weighted by atomic mass is 10.1. The van der Waals surface area contributed by atoms with Crippen molar-refractivity contribution in [2.75, 3.05) is 6.61 Å². The molecule has 4 rings (SSSR count). The van der Waals surface area contributed by atoms with E-state index < -0.39 is 48.2 Å². The minimum absolute atomic E-state index is 0.215. The number of nitrogens with zero attached hydrogens (tertiary/aromatic N) is 1. The summed E-state index contributed by atoms with van der Waals surface area (Å²) in [6.07, 6.45) is -5.51. The van der Waals surface area contributed by atoms with Crippen LogP contribution in [0.1, 0.15) is 6.23 Å².